The molecule has 8 nitrogen and oxygen atoms in total. The predicted octanol–water partition coefficient (Wildman–Crippen LogP) is 0.839. The van der Waals surface area contributed by atoms with Crippen LogP contribution in [0, 0.1) is 11.8 Å². The maximum absolute atomic E-state index is 13.2. The summed E-state index contributed by atoms with van der Waals surface area (Å²) in [4.78, 5) is 24.4. The first kappa shape index (κ1) is 29.7. The minimum absolute atomic E-state index is 0. The summed E-state index contributed by atoms with van der Waals surface area (Å²) in [6, 6.07) is 12.3. The van der Waals surface area contributed by atoms with Crippen molar-refractivity contribution in [2.45, 2.75) is 38.5 Å². The zero-order valence-electron chi connectivity index (χ0n) is 22.4. The molecule has 38 heavy (non-hydrogen) atoms. The van der Waals surface area contributed by atoms with Gasteiger partial charge >= 0.3 is 29.6 Å². The minimum Gasteiger partial charge on any atom is -0.545 e. The number of nitrogens with zero attached hydrogens (tertiary/aromatic N) is 2. The fraction of sp³-hybridized carbons (Fsp3) is 0.414. The van der Waals surface area contributed by atoms with E-state index in [1.807, 2.05) is 18.2 Å². The second-order valence-electron chi connectivity index (χ2n) is 9.22. The standard InChI is InChI=1S/C29H34N2O6.Na/c1-35-25-16-15-20(19-26(25)36-2)27-21-11-5-6-12-22(21)28(32)31(30-27)17-9-3-4-10-18-37-24-14-8-7-13-23(24)29(33)34;/h5-8,13-16,19,21-22H,3-4,9-12,17-18H2,1-2H3,(H,33,34);/q;+1/p-1/t21-,22+;/m0./s1. The van der Waals surface area contributed by atoms with Crippen molar-refractivity contribution in [3.63, 3.8) is 0 Å². The van der Waals surface area contributed by atoms with Crippen LogP contribution in [0.1, 0.15) is 54.4 Å². The summed E-state index contributed by atoms with van der Waals surface area (Å²) in [5, 5.41) is 17.7. The van der Waals surface area contributed by atoms with Gasteiger partial charge in [0.05, 0.1) is 38.4 Å². The van der Waals surface area contributed by atoms with Crippen molar-refractivity contribution in [3.05, 3.63) is 65.7 Å². The van der Waals surface area contributed by atoms with E-state index in [9.17, 15) is 14.7 Å². The number of aromatic carboxylic acids is 1. The first-order valence-corrected chi connectivity index (χ1v) is 12.7. The third-order valence-electron chi connectivity index (χ3n) is 6.89. The van der Waals surface area contributed by atoms with E-state index in [-0.39, 0.29) is 52.9 Å². The number of carboxylic acid groups (broad SMARTS) is 1. The molecule has 0 radical (unpaired) electrons. The number of para-hydroxylation sites is 1. The van der Waals surface area contributed by atoms with E-state index in [1.54, 1.807) is 37.4 Å². The molecule has 0 saturated carbocycles. The van der Waals surface area contributed by atoms with Crippen LogP contribution < -0.4 is 48.9 Å². The van der Waals surface area contributed by atoms with Crippen LogP contribution in [0.4, 0.5) is 0 Å². The number of carboxylic acids is 1. The summed E-state index contributed by atoms with van der Waals surface area (Å²) in [6.45, 7) is 0.974. The Labute approximate surface area is 245 Å². The average Bonchev–Trinajstić information content (AvgIpc) is 2.93. The molecule has 0 N–H and O–H groups in total. The van der Waals surface area contributed by atoms with Crippen molar-refractivity contribution in [1.29, 1.82) is 0 Å². The topological polar surface area (TPSA) is 100 Å². The first-order valence-electron chi connectivity index (χ1n) is 12.7. The van der Waals surface area contributed by atoms with E-state index in [4.69, 9.17) is 19.3 Å². The molecule has 1 aliphatic heterocycles. The smallest absolute Gasteiger partial charge is 0.545 e. The summed E-state index contributed by atoms with van der Waals surface area (Å²) in [6.07, 6.45) is 9.14. The molecule has 1 amide bonds. The van der Waals surface area contributed by atoms with Gasteiger partial charge in [-0.05, 0) is 62.4 Å². The zero-order chi connectivity index (χ0) is 26.2. The molecule has 2 aromatic carbocycles. The second-order valence-corrected chi connectivity index (χ2v) is 9.22. The Kier molecular flexibility index (Phi) is 11.2. The normalized spacial score (nSPS) is 18.2. The van der Waals surface area contributed by atoms with Gasteiger partial charge < -0.3 is 24.1 Å². The molecular formula is C29H33N2NaO6. The molecule has 0 saturated heterocycles. The van der Waals surface area contributed by atoms with Gasteiger partial charge in [-0.2, -0.15) is 5.10 Å². The Morgan fingerprint density at radius 3 is 2.39 bits per heavy atom. The van der Waals surface area contributed by atoms with Gasteiger partial charge in [-0.1, -0.05) is 30.7 Å². The van der Waals surface area contributed by atoms with Crippen molar-refractivity contribution < 1.29 is 58.5 Å². The summed E-state index contributed by atoms with van der Waals surface area (Å²) >= 11 is 0. The first-order chi connectivity index (χ1) is 18.0. The number of benzene rings is 2. The third kappa shape index (κ3) is 6.98. The van der Waals surface area contributed by atoms with Crippen LogP contribution in [-0.4, -0.2) is 50.0 Å². The SMILES string of the molecule is COc1ccc(C2=NN(CCCCCCOc3ccccc3C(=O)[O-])C(=O)[C@@H]3CC=CC[C@H]23)cc1OC.[Na+]. The molecule has 196 valence electrons. The molecule has 0 aromatic heterocycles. The number of fused-ring (bicyclic) bond motifs is 1. The van der Waals surface area contributed by atoms with Gasteiger partial charge in [-0.25, -0.2) is 5.01 Å². The Bertz CT molecular complexity index is 1180. The molecule has 1 heterocycles. The van der Waals surface area contributed by atoms with Gasteiger partial charge in [0.1, 0.15) is 5.75 Å². The number of rotatable bonds is 12. The number of methoxy groups -OCH3 is 2. The Balaban J connectivity index is 0.00000400. The molecule has 2 aliphatic rings. The molecule has 9 heteroatoms. The number of hydrazone groups is 1. The van der Waals surface area contributed by atoms with Gasteiger partial charge in [-0.15, -0.1) is 0 Å². The molecule has 2 aromatic rings. The Hall–Kier alpha value is -2.81. The predicted molar refractivity (Wildman–Crippen MR) is 138 cm³/mol. The number of hydrogen-bond acceptors (Lipinski definition) is 7. The van der Waals surface area contributed by atoms with Crippen LogP contribution in [0.25, 0.3) is 0 Å². The largest absolute Gasteiger partial charge is 1.00 e. The van der Waals surface area contributed by atoms with Crippen LogP contribution in [0.3, 0.4) is 0 Å². The van der Waals surface area contributed by atoms with Crippen molar-refractivity contribution in [3.8, 4) is 17.2 Å². The van der Waals surface area contributed by atoms with Crippen molar-refractivity contribution in [2.75, 3.05) is 27.4 Å². The molecule has 0 fully saturated rings. The number of ether oxygens (including phenoxy) is 3. The van der Waals surface area contributed by atoms with E-state index in [0.717, 1.165) is 49.8 Å². The maximum Gasteiger partial charge on any atom is 1.00 e. The molecule has 4 rings (SSSR count). The molecule has 0 spiro atoms. The molecule has 1 aliphatic carbocycles. The van der Waals surface area contributed by atoms with E-state index in [1.165, 1.54) is 6.07 Å². The van der Waals surface area contributed by atoms with Gasteiger partial charge in [0, 0.05) is 23.6 Å². The number of carbonyl (C=O) groups is 2. The van der Waals surface area contributed by atoms with E-state index in [0.29, 0.717) is 30.4 Å². The summed E-state index contributed by atoms with van der Waals surface area (Å²) in [7, 11) is 3.22. The van der Waals surface area contributed by atoms with Crippen LogP contribution in [0.2, 0.25) is 0 Å². The maximum atomic E-state index is 13.2. The van der Waals surface area contributed by atoms with Gasteiger partial charge in [-0.3, -0.25) is 4.79 Å². The fourth-order valence-electron chi connectivity index (χ4n) is 4.92. The monoisotopic (exact) mass is 528 g/mol. The van der Waals surface area contributed by atoms with E-state index < -0.39 is 5.97 Å². The summed E-state index contributed by atoms with van der Waals surface area (Å²) < 4.78 is 16.5. The van der Waals surface area contributed by atoms with Gasteiger partial charge in [0.25, 0.3) is 0 Å². The number of hydrogen-bond donors (Lipinski definition) is 0. The van der Waals surface area contributed by atoms with Gasteiger partial charge in [0.15, 0.2) is 11.5 Å². The third-order valence-corrected chi connectivity index (χ3v) is 6.89. The second kappa shape index (κ2) is 14.4. The number of carbonyl (C=O) groups excluding carboxylic acids is 2. The Morgan fingerprint density at radius 1 is 0.947 bits per heavy atom. The summed E-state index contributed by atoms with van der Waals surface area (Å²) in [5.41, 5.74) is 1.91. The zero-order valence-corrected chi connectivity index (χ0v) is 24.4. The minimum atomic E-state index is -1.24. The molecular weight excluding hydrogens is 495 g/mol. The molecule has 2 atom stereocenters. The quantitative estimate of drug-likeness (QED) is 0.230. The van der Waals surface area contributed by atoms with Crippen molar-refractivity contribution in [2.24, 2.45) is 16.9 Å². The van der Waals surface area contributed by atoms with Crippen LogP contribution in [-0.2, 0) is 4.79 Å². The van der Waals surface area contributed by atoms with E-state index in [2.05, 4.69) is 12.2 Å². The molecule has 0 bridgehead atoms. The number of amides is 1. The number of unbranched alkanes of at least 4 members (excludes halogenated alkanes) is 3. The Morgan fingerprint density at radius 2 is 1.66 bits per heavy atom. The number of allylic oxidation sites excluding steroid dienone is 2. The van der Waals surface area contributed by atoms with E-state index >= 15 is 0 Å². The van der Waals surface area contributed by atoms with Crippen LogP contribution in [0.15, 0.2) is 59.7 Å². The summed E-state index contributed by atoms with van der Waals surface area (Å²) in [5.74, 6) is 0.401. The van der Waals surface area contributed by atoms with Crippen LogP contribution in [0.5, 0.6) is 17.2 Å². The van der Waals surface area contributed by atoms with Crippen molar-refractivity contribution in [1.82, 2.24) is 5.01 Å². The van der Waals surface area contributed by atoms with Gasteiger partial charge in [0.2, 0.25) is 5.91 Å². The fourth-order valence-corrected chi connectivity index (χ4v) is 4.92. The average molecular weight is 529 g/mol. The molecule has 0 unspecified atom stereocenters. The van der Waals surface area contributed by atoms with Crippen LogP contribution >= 0.6 is 0 Å². The van der Waals surface area contributed by atoms with Crippen molar-refractivity contribution >= 4 is 17.6 Å².